The summed E-state index contributed by atoms with van der Waals surface area (Å²) in [4.78, 5) is 15.5. The van der Waals surface area contributed by atoms with Crippen molar-refractivity contribution < 1.29 is 0 Å². The summed E-state index contributed by atoms with van der Waals surface area (Å²) < 4.78 is 0. The Bertz CT molecular complexity index is 1990. The van der Waals surface area contributed by atoms with Gasteiger partial charge in [-0.25, -0.2) is 15.0 Å². The molecule has 0 radical (unpaired) electrons. The highest BCUT2D eigenvalue weighted by atomic mass is 15.0. The minimum atomic E-state index is 0.407. The maximum atomic E-state index is 5.21. The molecule has 2 unspecified atom stereocenters. The van der Waals surface area contributed by atoms with Crippen LogP contribution >= 0.6 is 0 Å². The van der Waals surface area contributed by atoms with Crippen LogP contribution in [0.4, 0.5) is 0 Å². The van der Waals surface area contributed by atoms with Crippen LogP contribution in [0.15, 0.2) is 103 Å². The molecule has 0 fully saturated rings. The van der Waals surface area contributed by atoms with E-state index < -0.39 is 0 Å². The van der Waals surface area contributed by atoms with Gasteiger partial charge in [-0.1, -0.05) is 129 Å². The highest BCUT2D eigenvalue weighted by Crippen LogP contribution is 2.37. The number of rotatable bonds is 4. The van der Waals surface area contributed by atoms with Crippen LogP contribution in [0.5, 0.6) is 0 Å². The summed E-state index contributed by atoms with van der Waals surface area (Å²) in [7, 11) is 0. The Kier molecular flexibility index (Phi) is 6.67. The highest BCUT2D eigenvalue weighted by molar-refractivity contribution is 5.82. The van der Waals surface area contributed by atoms with Gasteiger partial charge in [-0.2, -0.15) is 0 Å². The van der Waals surface area contributed by atoms with Crippen molar-refractivity contribution in [2.24, 2.45) is 11.8 Å². The van der Waals surface area contributed by atoms with Gasteiger partial charge in [0.2, 0.25) is 0 Å². The van der Waals surface area contributed by atoms with Gasteiger partial charge in [0.1, 0.15) is 0 Å². The van der Waals surface area contributed by atoms with Crippen LogP contribution in [0.25, 0.3) is 51.6 Å². The van der Waals surface area contributed by atoms with Crippen molar-refractivity contribution in [3.8, 4) is 33.9 Å². The van der Waals surface area contributed by atoms with E-state index in [4.69, 9.17) is 15.0 Å². The smallest absolute Gasteiger partial charge is 0.164 e. The first-order valence-electron chi connectivity index (χ1n) is 15.9. The molecule has 0 saturated carbocycles. The van der Waals surface area contributed by atoms with E-state index >= 15 is 0 Å². The Morgan fingerprint density at radius 2 is 1.32 bits per heavy atom. The van der Waals surface area contributed by atoms with Gasteiger partial charge < -0.3 is 0 Å². The quantitative estimate of drug-likeness (QED) is 0.216. The van der Waals surface area contributed by atoms with Crippen molar-refractivity contribution >= 4 is 17.7 Å². The van der Waals surface area contributed by atoms with Gasteiger partial charge >= 0.3 is 0 Å². The second kappa shape index (κ2) is 11.0. The molecule has 8 rings (SSSR count). The lowest BCUT2D eigenvalue weighted by atomic mass is 9.85. The van der Waals surface area contributed by atoms with Crippen LogP contribution in [0.1, 0.15) is 59.5 Å². The molecule has 1 heterocycles. The molecule has 2 atom stereocenters. The molecule has 3 heteroatoms. The molecule has 0 bridgehead atoms. The van der Waals surface area contributed by atoms with Crippen LogP contribution in [-0.2, 0) is 19.3 Å². The number of hydrogen-bond donors (Lipinski definition) is 0. The molecule has 0 amide bonds. The van der Waals surface area contributed by atoms with Gasteiger partial charge in [-0.3, -0.25) is 0 Å². The molecule has 214 valence electrons. The van der Waals surface area contributed by atoms with Crippen LogP contribution in [0.3, 0.4) is 0 Å². The summed E-state index contributed by atoms with van der Waals surface area (Å²) in [6.07, 6.45) is 15.7. The van der Waals surface area contributed by atoms with Crippen molar-refractivity contribution in [1.82, 2.24) is 15.0 Å². The number of fused-ring (bicyclic) bond motifs is 3. The van der Waals surface area contributed by atoms with Gasteiger partial charge in [-0.15, -0.1) is 0 Å². The molecule has 3 aliphatic rings. The summed E-state index contributed by atoms with van der Waals surface area (Å²) in [5.41, 5.74) is 13.6. The van der Waals surface area contributed by atoms with Crippen LogP contribution < -0.4 is 0 Å². The Morgan fingerprint density at radius 1 is 0.591 bits per heavy atom. The van der Waals surface area contributed by atoms with Gasteiger partial charge in [-0.05, 0) is 82.0 Å². The fraction of sp³-hybridized carbons (Fsp3) is 0.195. The Morgan fingerprint density at radius 3 is 2.23 bits per heavy atom. The Balaban J connectivity index is 1.28. The number of allylic oxidation sites excluding steroid dienone is 3. The predicted molar refractivity (Wildman–Crippen MR) is 182 cm³/mol. The Hall–Kier alpha value is -4.89. The average Bonchev–Trinajstić information content (AvgIpc) is 3.07. The largest absolute Gasteiger partial charge is 0.208 e. The van der Waals surface area contributed by atoms with Crippen molar-refractivity contribution in [3.63, 3.8) is 0 Å². The number of aryl methyl sites for hydroxylation is 1. The lowest BCUT2D eigenvalue weighted by Gasteiger charge is -2.22. The maximum absolute atomic E-state index is 5.21. The summed E-state index contributed by atoms with van der Waals surface area (Å²) >= 11 is 0. The molecule has 0 N–H and O–H groups in total. The third kappa shape index (κ3) is 4.83. The topological polar surface area (TPSA) is 38.7 Å². The third-order valence-electron chi connectivity index (χ3n) is 9.28. The molecule has 44 heavy (non-hydrogen) atoms. The summed E-state index contributed by atoms with van der Waals surface area (Å²) in [6.45, 7) is 4.54. The SMILES string of the molecule is CC1C=C(c2nc(-c3ccc(-c4cccc5c4C=CCC5)cc3)nc(-c3cccc4c3CC(C)C=C4)n2)c2ccccc2C1. The molecule has 0 aliphatic heterocycles. The maximum Gasteiger partial charge on any atom is 0.164 e. The summed E-state index contributed by atoms with van der Waals surface area (Å²) in [5, 5.41) is 0. The fourth-order valence-electron chi connectivity index (χ4n) is 7.06. The highest BCUT2D eigenvalue weighted by Gasteiger charge is 2.23. The zero-order chi connectivity index (χ0) is 29.6. The van der Waals surface area contributed by atoms with Crippen molar-refractivity contribution in [3.05, 3.63) is 142 Å². The molecule has 3 aliphatic carbocycles. The molecule has 1 aromatic heterocycles. The second-order valence-corrected chi connectivity index (χ2v) is 12.5. The fourth-order valence-corrected chi connectivity index (χ4v) is 7.06. The first-order chi connectivity index (χ1) is 21.6. The predicted octanol–water partition coefficient (Wildman–Crippen LogP) is 9.66. The average molecular weight is 570 g/mol. The van der Waals surface area contributed by atoms with Gasteiger partial charge in [0.25, 0.3) is 0 Å². The monoisotopic (exact) mass is 569 g/mol. The first kappa shape index (κ1) is 26.7. The zero-order valence-corrected chi connectivity index (χ0v) is 25.3. The van der Waals surface area contributed by atoms with Gasteiger partial charge in [0, 0.05) is 16.7 Å². The molecule has 0 spiro atoms. The van der Waals surface area contributed by atoms with Crippen LogP contribution in [0, 0.1) is 11.8 Å². The standard InChI is InChI=1S/C41H35N3/c1-26-17-18-29-12-8-16-36(37(29)24-26)40-42-39(43-41(44-40)38-25-27(2)23-32-10-4-6-14-35(32)38)31-21-19-30(20-22-31)34-15-7-11-28-9-3-5-13-33(28)34/h4-8,10-22,25-27H,3,9,23-24H2,1-2H3. The molecular weight excluding hydrogens is 534 g/mol. The van der Waals surface area contributed by atoms with E-state index in [1.54, 1.807) is 0 Å². The minimum absolute atomic E-state index is 0.407. The number of aromatic nitrogens is 3. The summed E-state index contributed by atoms with van der Waals surface area (Å²) in [6, 6.07) is 30.6. The third-order valence-corrected chi connectivity index (χ3v) is 9.28. The van der Waals surface area contributed by atoms with Crippen molar-refractivity contribution in [1.29, 1.82) is 0 Å². The van der Waals surface area contributed by atoms with Gasteiger partial charge in [0.15, 0.2) is 17.5 Å². The number of benzene rings is 4. The van der Waals surface area contributed by atoms with E-state index in [1.165, 1.54) is 44.5 Å². The van der Waals surface area contributed by atoms with Crippen LogP contribution in [-0.4, -0.2) is 15.0 Å². The number of hydrogen-bond acceptors (Lipinski definition) is 3. The van der Waals surface area contributed by atoms with E-state index in [2.05, 4.69) is 129 Å². The van der Waals surface area contributed by atoms with Crippen molar-refractivity contribution in [2.45, 2.75) is 39.5 Å². The first-order valence-corrected chi connectivity index (χ1v) is 15.9. The molecule has 4 aromatic carbocycles. The van der Waals surface area contributed by atoms with E-state index in [0.717, 1.165) is 54.0 Å². The van der Waals surface area contributed by atoms with E-state index in [9.17, 15) is 0 Å². The molecule has 3 nitrogen and oxygen atoms in total. The Labute approximate surface area is 259 Å². The minimum Gasteiger partial charge on any atom is -0.208 e. The zero-order valence-electron chi connectivity index (χ0n) is 25.3. The second-order valence-electron chi connectivity index (χ2n) is 12.5. The van der Waals surface area contributed by atoms with Crippen LogP contribution in [0.2, 0.25) is 0 Å². The number of nitrogens with zero attached hydrogens (tertiary/aromatic N) is 3. The normalized spacial score (nSPS) is 18.3. The molecule has 0 saturated heterocycles. The van der Waals surface area contributed by atoms with Crippen molar-refractivity contribution in [2.75, 3.05) is 0 Å². The van der Waals surface area contributed by atoms with E-state index in [1.807, 2.05) is 0 Å². The van der Waals surface area contributed by atoms with E-state index in [0.29, 0.717) is 17.7 Å². The lowest BCUT2D eigenvalue weighted by Crippen LogP contribution is -2.12. The summed E-state index contributed by atoms with van der Waals surface area (Å²) in [5.74, 6) is 3.08. The van der Waals surface area contributed by atoms with Gasteiger partial charge in [0.05, 0.1) is 0 Å². The lowest BCUT2D eigenvalue weighted by molar-refractivity contribution is 0.712. The molecular formula is C41H35N3. The molecule has 5 aromatic rings. The van der Waals surface area contributed by atoms with E-state index in [-0.39, 0.29) is 0 Å².